The maximum Gasteiger partial charge on any atom is 0.334 e. The molecule has 2 amide bonds. The number of carbonyl (C=O) groups is 2. The smallest absolute Gasteiger partial charge is 0.334 e. The molecule has 0 aliphatic carbocycles. The highest BCUT2D eigenvalue weighted by molar-refractivity contribution is 5.76. The van der Waals surface area contributed by atoms with Crippen molar-refractivity contribution in [3.63, 3.8) is 0 Å². The highest BCUT2D eigenvalue weighted by atomic mass is 16.5. The summed E-state index contributed by atoms with van der Waals surface area (Å²) in [7, 11) is 4.80. The number of carboxylic acids is 1. The molecule has 0 aromatic rings. The second-order valence-corrected chi connectivity index (χ2v) is 3.63. The van der Waals surface area contributed by atoms with Crippen LogP contribution in [0.1, 0.15) is 6.42 Å². The zero-order chi connectivity index (χ0) is 13.3. The molecule has 0 aromatic heterocycles. The van der Waals surface area contributed by atoms with Crippen LogP contribution in [0.4, 0.5) is 4.79 Å². The van der Waals surface area contributed by atoms with Crippen molar-refractivity contribution < 1.29 is 19.4 Å². The predicted octanol–water partition coefficient (Wildman–Crippen LogP) is -0.663. The van der Waals surface area contributed by atoms with Gasteiger partial charge in [0.05, 0.1) is 6.54 Å². The Balaban J connectivity index is 3.87. The van der Waals surface area contributed by atoms with Gasteiger partial charge in [0.25, 0.3) is 0 Å². The molecule has 0 radical (unpaired) electrons. The molecule has 0 saturated heterocycles. The van der Waals surface area contributed by atoms with Crippen molar-refractivity contribution in [3.8, 4) is 0 Å². The Bertz CT molecular complexity index is 248. The first-order valence-corrected chi connectivity index (χ1v) is 5.42. The largest absolute Gasteiger partial charge is 0.479 e. The number of amides is 2. The minimum Gasteiger partial charge on any atom is -0.479 e. The molecule has 0 bridgehead atoms. The number of hydrogen-bond donors (Lipinski definition) is 3. The van der Waals surface area contributed by atoms with Crippen molar-refractivity contribution >= 4 is 12.0 Å². The van der Waals surface area contributed by atoms with Gasteiger partial charge in [-0.2, -0.15) is 0 Å². The van der Waals surface area contributed by atoms with E-state index in [0.29, 0.717) is 6.54 Å². The Labute approximate surface area is 101 Å². The van der Waals surface area contributed by atoms with E-state index in [1.807, 2.05) is 7.05 Å². The van der Waals surface area contributed by atoms with Gasteiger partial charge in [-0.05, 0) is 20.0 Å². The summed E-state index contributed by atoms with van der Waals surface area (Å²) < 4.78 is 4.70. The van der Waals surface area contributed by atoms with Gasteiger partial charge in [0, 0.05) is 20.7 Å². The molecule has 7 heteroatoms. The number of ether oxygens (including phenoxy) is 1. The molecule has 0 rings (SSSR count). The third-order valence-electron chi connectivity index (χ3n) is 2.27. The molecule has 1 unspecified atom stereocenters. The molecule has 0 saturated carbocycles. The molecule has 0 spiro atoms. The van der Waals surface area contributed by atoms with Crippen LogP contribution < -0.4 is 10.6 Å². The summed E-state index contributed by atoms with van der Waals surface area (Å²) in [6.07, 6.45) is -0.169. The van der Waals surface area contributed by atoms with E-state index in [1.54, 1.807) is 7.05 Å². The SMILES string of the molecule is CNCCCN(C)C(=O)NCC(OC)C(=O)O. The fourth-order valence-electron chi connectivity index (χ4n) is 1.18. The number of urea groups is 1. The fourth-order valence-corrected chi connectivity index (χ4v) is 1.18. The molecular weight excluding hydrogens is 226 g/mol. The average Bonchev–Trinajstić information content (AvgIpc) is 2.29. The summed E-state index contributed by atoms with van der Waals surface area (Å²) in [5.41, 5.74) is 0. The van der Waals surface area contributed by atoms with Crippen LogP contribution in [-0.2, 0) is 9.53 Å². The van der Waals surface area contributed by atoms with Crippen LogP contribution in [-0.4, -0.2) is 69.0 Å². The van der Waals surface area contributed by atoms with Crippen molar-refractivity contribution in [2.75, 3.05) is 40.8 Å². The predicted molar refractivity (Wildman–Crippen MR) is 63.0 cm³/mol. The number of hydrogen-bond acceptors (Lipinski definition) is 4. The number of carboxylic acid groups (broad SMARTS) is 1. The van der Waals surface area contributed by atoms with E-state index in [-0.39, 0.29) is 12.6 Å². The highest BCUT2D eigenvalue weighted by Crippen LogP contribution is 1.91. The van der Waals surface area contributed by atoms with E-state index in [9.17, 15) is 9.59 Å². The van der Waals surface area contributed by atoms with Crippen LogP contribution >= 0.6 is 0 Å². The minimum absolute atomic E-state index is 0.0406. The van der Waals surface area contributed by atoms with E-state index in [4.69, 9.17) is 9.84 Å². The Kier molecular flexibility index (Phi) is 8.08. The second kappa shape index (κ2) is 8.77. The van der Waals surface area contributed by atoms with Crippen LogP contribution in [0, 0.1) is 0 Å². The van der Waals surface area contributed by atoms with Crippen LogP contribution in [0.5, 0.6) is 0 Å². The van der Waals surface area contributed by atoms with Crippen LogP contribution in [0.15, 0.2) is 0 Å². The molecule has 0 aromatic carbocycles. The standard InChI is InChI=1S/C10H21N3O4/c1-11-5-4-6-13(2)10(16)12-7-8(17-3)9(14)15/h8,11H,4-7H2,1-3H3,(H,12,16)(H,14,15). The van der Waals surface area contributed by atoms with Gasteiger partial charge in [0.15, 0.2) is 6.10 Å². The Morgan fingerprint density at radius 3 is 2.59 bits per heavy atom. The third-order valence-corrected chi connectivity index (χ3v) is 2.27. The average molecular weight is 247 g/mol. The van der Waals surface area contributed by atoms with Gasteiger partial charge in [-0.25, -0.2) is 9.59 Å². The molecule has 0 aliphatic heterocycles. The zero-order valence-corrected chi connectivity index (χ0v) is 10.5. The summed E-state index contributed by atoms with van der Waals surface area (Å²) in [5.74, 6) is -1.09. The van der Waals surface area contributed by atoms with E-state index in [2.05, 4.69) is 10.6 Å². The van der Waals surface area contributed by atoms with Crippen LogP contribution in [0.25, 0.3) is 0 Å². The quantitative estimate of drug-likeness (QED) is 0.495. The second-order valence-electron chi connectivity index (χ2n) is 3.63. The molecular formula is C10H21N3O4. The molecule has 3 N–H and O–H groups in total. The lowest BCUT2D eigenvalue weighted by molar-refractivity contribution is -0.148. The first-order valence-electron chi connectivity index (χ1n) is 5.42. The van der Waals surface area contributed by atoms with Crippen LogP contribution in [0.3, 0.4) is 0 Å². The van der Waals surface area contributed by atoms with Crippen molar-refractivity contribution in [3.05, 3.63) is 0 Å². The number of nitrogens with zero attached hydrogens (tertiary/aromatic N) is 1. The van der Waals surface area contributed by atoms with Crippen molar-refractivity contribution in [1.29, 1.82) is 0 Å². The monoisotopic (exact) mass is 247 g/mol. The zero-order valence-electron chi connectivity index (χ0n) is 10.5. The molecule has 0 aliphatic rings. The van der Waals surface area contributed by atoms with Crippen LogP contribution in [0.2, 0.25) is 0 Å². The lowest BCUT2D eigenvalue weighted by Crippen LogP contribution is -2.44. The van der Waals surface area contributed by atoms with E-state index < -0.39 is 12.1 Å². The summed E-state index contributed by atoms with van der Waals surface area (Å²) in [5, 5.41) is 14.2. The van der Waals surface area contributed by atoms with Crippen molar-refractivity contribution in [1.82, 2.24) is 15.5 Å². The van der Waals surface area contributed by atoms with E-state index in [1.165, 1.54) is 12.0 Å². The van der Waals surface area contributed by atoms with Gasteiger partial charge in [-0.15, -0.1) is 0 Å². The van der Waals surface area contributed by atoms with Gasteiger partial charge in [-0.3, -0.25) is 0 Å². The number of rotatable bonds is 8. The lowest BCUT2D eigenvalue weighted by atomic mass is 10.3. The van der Waals surface area contributed by atoms with E-state index in [0.717, 1.165) is 13.0 Å². The maximum absolute atomic E-state index is 11.5. The maximum atomic E-state index is 11.5. The van der Waals surface area contributed by atoms with E-state index >= 15 is 0 Å². The third kappa shape index (κ3) is 6.75. The minimum atomic E-state index is -1.09. The Hall–Kier alpha value is -1.34. The molecule has 17 heavy (non-hydrogen) atoms. The van der Waals surface area contributed by atoms with Crippen molar-refractivity contribution in [2.45, 2.75) is 12.5 Å². The van der Waals surface area contributed by atoms with Gasteiger partial charge in [0.1, 0.15) is 0 Å². The molecule has 1 atom stereocenters. The lowest BCUT2D eigenvalue weighted by Gasteiger charge is -2.19. The Morgan fingerprint density at radius 1 is 1.47 bits per heavy atom. The summed E-state index contributed by atoms with van der Waals surface area (Å²) in [6, 6.07) is -0.301. The Morgan fingerprint density at radius 2 is 2.12 bits per heavy atom. The number of carbonyl (C=O) groups excluding carboxylic acids is 1. The summed E-state index contributed by atoms with van der Waals surface area (Å²) >= 11 is 0. The first kappa shape index (κ1) is 15.7. The van der Waals surface area contributed by atoms with Gasteiger partial charge in [-0.1, -0.05) is 0 Å². The first-order chi connectivity index (χ1) is 8.02. The number of methoxy groups -OCH3 is 1. The normalized spacial score (nSPS) is 11.9. The summed E-state index contributed by atoms with van der Waals surface area (Å²) in [6.45, 7) is 1.39. The number of nitrogens with one attached hydrogen (secondary N) is 2. The molecule has 7 nitrogen and oxygen atoms in total. The molecule has 0 heterocycles. The highest BCUT2D eigenvalue weighted by Gasteiger charge is 2.18. The number of aliphatic carboxylic acids is 1. The van der Waals surface area contributed by atoms with Gasteiger partial charge in [0.2, 0.25) is 0 Å². The fraction of sp³-hybridized carbons (Fsp3) is 0.800. The van der Waals surface area contributed by atoms with Crippen molar-refractivity contribution in [2.24, 2.45) is 0 Å². The topological polar surface area (TPSA) is 90.9 Å². The molecule has 100 valence electrons. The van der Waals surface area contributed by atoms with Gasteiger partial charge >= 0.3 is 12.0 Å². The van der Waals surface area contributed by atoms with Gasteiger partial charge < -0.3 is 25.4 Å². The summed E-state index contributed by atoms with van der Waals surface area (Å²) in [4.78, 5) is 23.7. The molecule has 0 fully saturated rings.